The van der Waals surface area contributed by atoms with Gasteiger partial charge in [-0.05, 0) is 48.3 Å². The van der Waals surface area contributed by atoms with E-state index in [-0.39, 0.29) is 96.3 Å². The topological polar surface area (TPSA) is 124 Å². The van der Waals surface area contributed by atoms with Gasteiger partial charge >= 0.3 is 23.9 Å². The third-order valence-electron chi connectivity index (χ3n) is 7.97. The van der Waals surface area contributed by atoms with Gasteiger partial charge in [0.2, 0.25) is 0 Å². The Labute approximate surface area is 339 Å². The Bertz CT molecular complexity index is 1150. The number of allylic oxidation sites excluding steroid dienone is 3. The average molecular weight is 839 g/mol. The third kappa shape index (κ3) is 22.4. The van der Waals surface area contributed by atoms with Crippen molar-refractivity contribution >= 4 is 95.9 Å². The predicted molar refractivity (Wildman–Crippen MR) is 221 cm³/mol. The zero-order valence-corrected chi connectivity index (χ0v) is 36.0. The Morgan fingerprint density at radius 1 is 0.706 bits per heavy atom. The van der Waals surface area contributed by atoms with E-state index in [0.717, 1.165) is 30.5 Å². The van der Waals surface area contributed by atoms with Crippen molar-refractivity contribution in [3.63, 3.8) is 0 Å². The van der Waals surface area contributed by atoms with Gasteiger partial charge in [-0.2, -0.15) is 37.8 Å². The molecule has 2 aliphatic rings. The molecule has 0 aromatic rings. The lowest BCUT2D eigenvalue weighted by atomic mass is 9.84. The summed E-state index contributed by atoms with van der Waals surface area (Å²) < 4.78 is 53.7. The highest BCUT2D eigenvalue weighted by Crippen LogP contribution is 2.41. The summed E-state index contributed by atoms with van der Waals surface area (Å²) in [5, 5.41) is 0. The van der Waals surface area contributed by atoms with Gasteiger partial charge in [0.05, 0.1) is 12.2 Å². The molecular formula is C35H60O10S6. The number of thiol groups is 4. The van der Waals surface area contributed by atoms with Crippen molar-refractivity contribution in [2.24, 2.45) is 23.7 Å². The van der Waals surface area contributed by atoms with Gasteiger partial charge in [0.25, 0.3) is 0 Å². The normalized spacial score (nSPS) is 30.9. The molecule has 2 aliphatic heterocycles. The summed E-state index contributed by atoms with van der Waals surface area (Å²) in [5.41, 5.74) is -1.53. The molecule has 0 amide bonds. The van der Waals surface area contributed by atoms with Gasteiger partial charge in [-0.25, -0.2) is 0 Å². The Balaban J connectivity index is 0.000000866. The van der Waals surface area contributed by atoms with Crippen molar-refractivity contribution in [2.75, 3.05) is 36.2 Å². The minimum Gasteiger partial charge on any atom is -0.463 e. The standard InChI is InChI=1S/C17H28O5S3.C12H20O5S.C6H12S2/c1-11-12(2)16(21-14(4)19)17(22-15(11)10-20-13(3)18)25-24-9-7-5-6-8-23;1-6-7(2)11(16-9(4)14)12(18)17-10(6)5-15-8(3)13;7-5-3-1-2-4-6-8/h5,7,11-12,15-17,23H,6,8-10H2,1-4H3;6-7,10-12,18H,5H2,1-4H3;1-2,7-8H,3-6H2/b7-5-;;2-1-/t11-,12-,15?,16?,17-;6-,7-,10?,11?,12-;/m00./s1/i8T;;5T/hT/t8?,11-,12-,15?,16?,17-;m;. The first kappa shape index (κ1) is 44.8. The van der Waals surface area contributed by atoms with Gasteiger partial charge < -0.3 is 28.4 Å². The van der Waals surface area contributed by atoms with Gasteiger partial charge in [0.15, 0.2) is 5.44 Å². The zero-order chi connectivity index (χ0) is 41.4. The minimum atomic E-state index is -0.499. The lowest BCUT2D eigenvalue weighted by molar-refractivity contribution is -0.185. The summed E-state index contributed by atoms with van der Waals surface area (Å²) in [7, 11) is 3.10. The van der Waals surface area contributed by atoms with Crippen LogP contribution in [0.5, 0.6) is 0 Å². The SMILES string of the molecule is CC(=O)OCC1O[C@@H](S)C(OC(C)=O)[C@@H](C)[C@@H]1C.[3H]C(S)C/C=C\CSS[C@@H]1OC(COC(C)=O)[C@@H](C)[C@H](C)C1OC(C)=O.[3H]SCC/C=C\CC([3H])S. The van der Waals surface area contributed by atoms with E-state index in [1.54, 1.807) is 10.8 Å². The summed E-state index contributed by atoms with van der Waals surface area (Å²) in [6.07, 6.45) is 8.89. The van der Waals surface area contributed by atoms with Crippen LogP contribution in [-0.4, -0.2) is 96.5 Å². The molecule has 0 aromatic heterocycles. The number of rotatable bonds is 17. The molecule has 0 saturated carbocycles. The number of hydrogen-bond acceptors (Lipinski definition) is 16. The molecule has 296 valence electrons. The Morgan fingerprint density at radius 2 is 1.18 bits per heavy atom. The molecule has 2 fully saturated rings. The summed E-state index contributed by atoms with van der Waals surface area (Å²) in [6.45, 7) is 13.9. The highest BCUT2D eigenvalue weighted by molar-refractivity contribution is 8.76. The Hall–Kier alpha value is -0.620. The largest absolute Gasteiger partial charge is 0.463 e. The molecule has 2 heterocycles. The van der Waals surface area contributed by atoms with Crippen molar-refractivity contribution in [3.05, 3.63) is 24.3 Å². The number of hydrogen-bond donors (Lipinski definition) is 4. The van der Waals surface area contributed by atoms with E-state index in [4.69, 9.17) is 32.3 Å². The van der Waals surface area contributed by atoms with E-state index in [1.807, 2.05) is 52.0 Å². The van der Waals surface area contributed by atoms with Crippen LogP contribution in [0.2, 0.25) is 0 Å². The second-order valence-corrected chi connectivity index (χ2v) is 16.1. The van der Waals surface area contributed by atoms with Crippen LogP contribution in [0.4, 0.5) is 0 Å². The highest BCUT2D eigenvalue weighted by atomic mass is 33.1. The quantitative estimate of drug-likeness (QED) is 0.0293. The summed E-state index contributed by atoms with van der Waals surface area (Å²) in [4.78, 5) is 44.4. The first-order valence-corrected chi connectivity index (χ1v) is 21.3. The van der Waals surface area contributed by atoms with Gasteiger partial charge in [-0.15, -0.1) is 12.6 Å². The van der Waals surface area contributed by atoms with Crippen LogP contribution in [-0.2, 0) is 47.6 Å². The van der Waals surface area contributed by atoms with Crippen LogP contribution in [0.15, 0.2) is 24.3 Å². The molecule has 6 unspecified atom stereocenters. The molecule has 2 saturated heterocycles. The molecule has 0 bridgehead atoms. The molecule has 0 radical (unpaired) electrons. The van der Waals surface area contributed by atoms with Gasteiger partial charge in [-0.3, -0.25) is 19.2 Å². The monoisotopic (exact) mass is 838 g/mol. The molecule has 0 N–H and O–H groups in total. The van der Waals surface area contributed by atoms with Crippen LogP contribution in [0.3, 0.4) is 0 Å². The fourth-order valence-electron chi connectivity index (χ4n) is 4.82. The maximum absolute atomic E-state index is 11.5. The van der Waals surface area contributed by atoms with Crippen molar-refractivity contribution < 1.29 is 50.3 Å². The second-order valence-electron chi connectivity index (χ2n) is 12.0. The van der Waals surface area contributed by atoms with Crippen LogP contribution < -0.4 is 0 Å². The second kappa shape index (κ2) is 29.7. The highest BCUT2D eigenvalue weighted by Gasteiger charge is 2.44. The molecule has 0 aliphatic carbocycles. The number of carbonyl (C=O) groups is 4. The molecule has 10 nitrogen and oxygen atoms in total. The lowest BCUT2D eigenvalue weighted by Crippen LogP contribution is -2.51. The molecule has 51 heavy (non-hydrogen) atoms. The van der Waals surface area contributed by atoms with Gasteiger partial charge in [0.1, 0.15) is 32.0 Å². The molecule has 12 atom stereocenters. The number of esters is 4. The molecule has 0 spiro atoms. The number of ether oxygens (including phenoxy) is 6. The molecule has 16 heteroatoms. The van der Waals surface area contributed by atoms with E-state index in [1.165, 1.54) is 38.5 Å². The zero-order valence-electron chi connectivity index (χ0n) is 33.8. The van der Waals surface area contributed by atoms with Crippen LogP contribution in [0.25, 0.3) is 0 Å². The van der Waals surface area contributed by atoms with Crippen molar-refractivity contribution in [1.82, 2.24) is 0 Å². The third-order valence-corrected chi connectivity index (χ3v) is 11.5. The molecule has 2 rings (SSSR count). The summed E-state index contributed by atoms with van der Waals surface area (Å²) in [5.74, 6) is 0.597. The van der Waals surface area contributed by atoms with E-state index in [0.29, 0.717) is 12.8 Å². The van der Waals surface area contributed by atoms with E-state index >= 15 is 0 Å². The van der Waals surface area contributed by atoms with Crippen molar-refractivity contribution in [1.29, 1.82) is 1.12 Å². The maximum atomic E-state index is 11.5. The maximum Gasteiger partial charge on any atom is 0.303 e. The fraction of sp³-hybridized carbons (Fsp3) is 0.771. The van der Waals surface area contributed by atoms with Crippen LogP contribution in [0.1, 0.15) is 77.4 Å². The average Bonchev–Trinajstić information content (AvgIpc) is 3.08. The van der Waals surface area contributed by atoms with Gasteiger partial charge in [0, 0.05) is 48.0 Å². The summed E-state index contributed by atoms with van der Waals surface area (Å²) >= 11 is 13.3. The summed E-state index contributed by atoms with van der Waals surface area (Å²) in [6, 6.07) is 0. The lowest BCUT2D eigenvalue weighted by Gasteiger charge is -2.43. The van der Waals surface area contributed by atoms with Gasteiger partial charge in [-0.1, -0.05) is 73.6 Å². The smallest absolute Gasteiger partial charge is 0.303 e. The Kier molecular flexibility index (Phi) is 26.1. The first-order valence-electron chi connectivity index (χ1n) is 18.4. The van der Waals surface area contributed by atoms with E-state index in [2.05, 4.69) is 37.9 Å². The minimum absolute atomic E-state index is 0.0788. The van der Waals surface area contributed by atoms with Crippen LogP contribution >= 0.6 is 72.0 Å². The first-order chi connectivity index (χ1) is 25.3. The Morgan fingerprint density at radius 3 is 1.67 bits per heavy atom. The fourth-order valence-corrected chi connectivity index (χ4v) is 8.06. The van der Waals surface area contributed by atoms with E-state index < -0.39 is 11.2 Å². The van der Waals surface area contributed by atoms with E-state index in [9.17, 15) is 19.2 Å². The van der Waals surface area contributed by atoms with Crippen LogP contribution in [0, 0.1) is 23.7 Å². The number of carbonyl (C=O) groups excluding carboxylic acids is 4. The predicted octanol–water partition coefficient (Wildman–Crippen LogP) is 7.33. The molecule has 0 aromatic carbocycles. The molecular weight excluding hydrogens is 773 g/mol. The van der Waals surface area contributed by atoms with Crippen molar-refractivity contribution in [2.45, 2.75) is 110 Å². The van der Waals surface area contributed by atoms with Crippen molar-refractivity contribution in [3.8, 4) is 0 Å².